The first kappa shape index (κ1) is 13.5. The minimum Gasteiger partial charge on any atom is -0.370 e. The number of hydrogen-bond donors (Lipinski definition) is 1. The Labute approximate surface area is 108 Å². The van der Waals surface area contributed by atoms with E-state index in [9.17, 15) is 0 Å². The number of nitrogens with zero attached hydrogens (tertiary/aromatic N) is 2. The van der Waals surface area contributed by atoms with Gasteiger partial charge in [0.2, 0.25) is 11.7 Å². The summed E-state index contributed by atoms with van der Waals surface area (Å²) < 4.78 is 11.0. The number of rotatable bonds is 7. The second kappa shape index (κ2) is 5.80. The van der Waals surface area contributed by atoms with Crippen molar-refractivity contribution in [2.45, 2.75) is 52.2 Å². The Kier molecular flexibility index (Phi) is 4.35. The zero-order chi connectivity index (χ0) is 13.1. The van der Waals surface area contributed by atoms with E-state index in [-0.39, 0.29) is 12.1 Å². The third-order valence-corrected chi connectivity index (χ3v) is 3.15. The lowest BCUT2D eigenvalue weighted by Gasteiger charge is -2.11. The molecule has 1 aromatic heterocycles. The normalized spacial score (nSPS) is 19.2. The molecule has 0 saturated heterocycles. The quantitative estimate of drug-likeness (QED) is 0.808. The Bertz CT molecular complexity index is 374. The highest BCUT2D eigenvalue weighted by atomic mass is 16.5. The largest absolute Gasteiger partial charge is 0.370 e. The average Bonchev–Trinajstić information content (AvgIpc) is 3.01. The Morgan fingerprint density at radius 1 is 1.44 bits per heavy atom. The zero-order valence-corrected chi connectivity index (χ0v) is 11.4. The maximum absolute atomic E-state index is 6.04. The van der Waals surface area contributed by atoms with Gasteiger partial charge in [0.1, 0.15) is 6.10 Å². The molecular formula is C13H23N3O2. The molecule has 5 nitrogen and oxygen atoms in total. The molecule has 0 spiro atoms. The van der Waals surface area contributed by atoms with Crippen molar-refractivity contribution < 1.29 is 9.26 Å². The number of nitrogens with two attached hydrogens (primary N) is 1. The van der Waals surface area contributed by atoms with Crippen molar-refractivity contribution in [3.05, 3.63) is 11.7 Å². The van der Waals surface area contributed by atoms with Gasteiger partial charge in [0.05, 0.1) is 6.04 Å². The van der Waals surface area contributed by atoms with Gasteiger partial charge < -0.3 is 15.0 Å². The monoisotopic (exact) mass is 253 g/mol. The molecule has 1 fully saturated rings. The van der Waals surface area contributed by atoms with Crippen LogP contribution in [0.25, 0.3) is 0 Å². The maximum atomic E-state index is 6.04. The summed E-state index contributed by atoms with van der Waals surface area (Å²) in [5, 5.41) is 4.03. The number of ether oxygens (including phenoxy) is 1. The second-order valence-electron chi connectivity index (χ2n) is 5.44. The van der Waals surface area contributed by atoms with Gasteiger partial charge in [0.15, 0.2) is 0 Å². The SMILES string of the molecule is CCOC(c1noc([C@H](N)CC(C)C)n1)C1CC1. The van der Waals surface area contributed by atoms with Crippen LogP contribution in [0.15, 0.2) is 4.52 Å². The highest BCUT2D eigenvalue weighted by Gasteiger charge is 2.36. The Hall–Kier alpha value is -0.940. The summed E-state index contributed by atoms with van der Waals surface area (Å²) in [6.07, 6.45) is 3.21. The van der Waals surface area contributed by atoms with Crippen LogP contribution < -0.4 is 5.73 Å². The van der Waals surface area contributed by atoms with Gasteiger partial charge in [-0.05, 0) is 38.0 Å². The minimum atomic E-state index is -0.173. The van der Waals surface area contributed by atoms with Gasteiger partial charge in [-0.1, -0.05) is 19.0 Å². The summed E-state index contributed by atoms with van der Waals surface area (Å²) in [5.41, 5.74) is 6.04. The van der Waals surface area contributed by atoms with Crippen LogP contribution in [0, 0.1) is 11.8 Å². The molecule has 1 aliphatic carbocycles. The second-order valence-corrected chi connectivity index (χ2v) is 5.44. The van der Waals surface area contributed by atoms with Crippen LogP contribution in [0.3, 0.4) is 0 Å². The summed E-state index contributed by atoms with van der Waals surface area (Å²) in [6, 6.07) is -0.173. The predicted octanol–water partition coefficient (Wildman–Crippen LogP) is 2.60. The van der Waals surface area contributed by atoms with Gasteiger partial charge in [-0.2, -0.15) is 4.98 Å². The average molecular weight is 253 g/mol. The molecule has 2 atom stereocenters. The fourth-order valence-corrected chi connectivity index (χ4v) is 2.12. The van der Waals surface area contributed by atoms with Crippen molar-refractivity contribution in [1.82, 2.24) is 10.1 Å². The molecule has 102 valence electrons. The predicted molar refractivity (Wildman–Crippen MR) is 67.8 cm³/mol. The summed E-state index contributed by atoms with van der Waals surface area (Å²) in [7, 11) is 0. The fourth-order valence-electron chi connectivity index (χ4n) is 2.12. The summed E-state index contributed by atoms with van der Waals surface area (Å²) >= 11 is 0. The van der Waals surface area contributed by atoms with Gasteiger partial charge >= 0.3 is 0 Å². The van der Waals surface area contributed by atoms with Gasteiger partial charge in [-0.3, -0.25) is 0 Å². The summed E-state index contributed by atoms with van der Waals surface area (Å²) in [4.78, 5) is 4.42. The Morgan fingerprint density at radius 3 is 2.72 bits per heavy atom. The smallest absolute Gasteiger partial charge is 0.243 e. The van der Waals surface area contributed by atoms with Crippen molar-refractivity contribution in [1.29, 1.82) is 0 Å². The molecule has 0 bridgehead atoms. The Balaban J connectivity index is 2.03. The first-order valence-electron chi connectivity index (χ1n) is 6.82. The molecule has 1 unspecified atom stereocenters. The molecule has 0 amide bonds. The zero-order valence-electron chi connectivity index (χ0n) is 11.4. The van der Waals surface area contributed by atoms with Gasteiger partial charge in [0.25, 0.3) is 0 Å². The standard InChI is InChI=1S/C13H23N3O2/c1-4-17-11(9-5-6-9)12-15-13(18-16-12)10(14)7-8(2)3/h8-11H,4-7,14H2,1-3H3/t10-,11?/m1/s1. The molecule has 0 aliphatic heterocycles. The molecule has 5 heteroatoms. The molecule has 1 saturated carbocycles. The van der Waals surface area contributed by atoms with Crippen molar-refractivity contribution in [2.24, 2.45) is 17.6 Å². The van der Waals surface area contributed by atoms with Crippen LogP contribution >= 0.6 is 0 Å². The molecule has 2 rings (SSSR count). The minimum absolute atomic E-state index is 0.0150. The van der Waals surface area contributed by atoms with E-state index in [2.05, 4.69) is 24.0 Å². The van der Waals surface area contributed by atoms with E-state index in [0.717, 1.165) is 6.42 Å². The van der Waals surface area contributed by atoms with Crippen LogP contribution in [0.5, 0.6) is 0 Å². The van der Waals surface area contributed by atoms with E-state index in [1.807, 2.05) is 6.92 Å². The maximum Gasteiger partial charge on any atom is 0.243 e. The molecule has 0 radical (unpaired) electrons. The van der Waals surface area contributed by atoms with Crippen molar-refractivity contribution >= 4 is 0 Å². The van der Waals surface area contributed by atoms with E-state index in [1.54, 1.807) is 0 Å². The molecule has 1 heterocycles. The Morgan fingerprint density at radius 2 is 2.17 bits per heavy atom. The van der Waals surface area contributed by atoms with Crippen LogP contribution in [0.2, 0.25) is 0 Å². The van der Waals surface area contributed by atoms with Crippen molar-refractivity contribution in [2.75, 3.05) is 6.61 Å². The fraction of sp³-hybridized carbons (Fsp3) is 0.846. The van der Waals surface area contributed by atoms with Gasteiger partial charge in [-0.25, -0.2) is 0 Å². The lowest BCUT2D eigenvalue weighted by molar-refractivity contribution is 0.0384. The van der Waals surface area contributed by atoms with E-state index in [1.165, 1.54) is 12.8 Å². The van der Waals surface area contributed by atoms with Crippen LogP contribution in [-0.4, -0.2) is 16.7 Å². The first-order chi connectivity index (χ1) is 8.61. The van der Waals surface area contributed by atoms with Crippen LogP contribution in [0.4, 0.5) is 0 Å². The summed E-state index contributed by atoms with van der Waals surface area (Å²) in [5.74, 6) is 2.26. The van der Waals surface area contributed by atoms with Gasteiger partial charge in [-0.15, -0.1) is 0 Å². The lowest BCUT2D eigenvalue weighted by Crippen LogP contribution is -2.14. The van der Waals surface area contributed by atoms with Crippen LogP contribution in [-0.2, 0) is 4.74 Å². The highest BCUT2D eigenvalue weighted by molar-refractivity contribution is 5.00. The molecular weight excluding hydrogens is 230 g/mol. The topological polar surface area (TPSA) is 74.2 Å². The van der Waals surface area contributed by atoms with E-state index >= 15 is 0 Å². The van der Waals surface area contributed by atoms with Crippen LogP contribution in [0.1, 0.15) is 63.9 Å². The third-order valence-electron chi connectivity index (χ3n) is 3.15. The molecule has 0 aromatic carbocycles. The summed E-state index contributed by atoms with van der Waals surface area (Å²) in [6.45, 7) is 6.92. The first-order valence-corrected chi connectivity index (χ1v) is 6.82. The van der Waals surface area contributed by atoms with E-state index in [0.29, 0.717) is 30.2 Å². The number of hydrogen-bond acceptors (Lipinski definition) is 5. The molecule has 2 N–H and O–H groups in total. The van der Waals surface area contributed by atoms with E-state index in [4.69, 9.17) is 15.0 Å². The highest BCUT2D eigenvalue weighted by Crippen LogP contribution is 2.42. The molecule has 1 aliphatic rings. The third kappa shape index (κ3) is 3.29. The number of aromatic nitrogens is 2. The van der Waals surface area contributed by atoms with E-state index < -0.39 is 0 Å². The molecule has 18 heavy (non-hydrogen) atoms. The molecule has 1 aromatic rings. The van der Waals surface area contributed by atoms with Crippen molar-refractivity contribution in [3.8, 4) is 0 Å². The van der Waals surface area contributed by atoms with Gasteiger partial charge in [0, 0.05) is 6.61 Å². The lowest BCUT2D eigenvalue weighted by atomic mass is 10.0. The van der Waals surface area contributed by atoms with Crippen molar-refractivity contribution in [3.63, 3.8) is 0 Å².